The molecule has 1 aliphatic rings. The Labute approximate surface area is 201 Å². The number of hydrogen-bond acceptors (Lipinski definition) is 5. The lowest BCUT2D eigenvalue weighted by atomic mass is 10.2. The zero-order valence-electron chi connectivity index (χ0n) is 19.6. The van der Waals surface area contributed by atoms with E-state index in [-0.39, 0.29) is 18.2 Å². The van der Waals surface area contributed by atoms with E-state index in [1.165, 1.54) is 11.8 Å². The summed E-state index contributed by atoms with van der Waals surface area (Å²) >= 11 is 0. The molecule has 34 heavy (non-hydrogen) atoms. The van der Waals surface area contributed by atoms with Crippen LogP contribution in [0.5, 0.6) is 0 Å². The van der Waals surface area contributed by atoms with Crippen LogP contribution < -0.4 is 0 Å². The minimum atomic E-state index is -0.211. The second-order valence-corrected chi connectivity index (χ2v) is 8.65. The Morgan fingerprint density at radius 1 is 0.853 bits per heavy atom. The number of carbonyl (C=O) groups is 2. The maximum absolute atomic E-state index is 13.2. The average molecular weight is 458 g/mol. The van der Waals surface area contributed by atoms with Crippen LogP contribution in [0, 0.1) is 6.92 Å². The molecule has 0 N–H and O–H groups in total. The molecule has 3 aromatic rings. The minimum Gasteiger partial charge on any atom is -0.340 e. The summed E-state index contributed by atoms with van der Waals surface area (Å²) in [4.78, 5) is 40.6. The van der Waals surface area contributed by atoms with E-state index in [0.29, 0.717) is 31.9 Å². The lowest BCUT2D eigenvalue weighted by molar-refractivity contribution is -0.133. The molecule has 1 fully saturated rings. The Hall–Kier alpha value is -3.58. The lowest BCUT2D eigenvalue weighted by Crippen LogP contribution is -2.49. The average Bonchev–Trinajstić information content (AvgIpc) is 2.88. The van der Waals surface area contributed by atoms with E-state index >= 15 is 0 Å². The quantitative estimate of drug-likeness (QED) is 0.520. The van der Waals surface area contributed by atoms with Crippen LogP contribution in [-0.2, 0) is 17.9 Å². The summed E-state index contributed by atoms with van der Waals surface area (Å²) in [5.74, 6) is -0.128. The maximum Gasteiger partial charge on any atom is 0.274 e. The molecule has 7 heteroatoms. The van der Waals surface area contributed by atoms with E-state index in [0.717, 1.165) is 30.9 Å². The predicted molar refractivity (Wildman–Crippen MR) is 131 cm³/mol. The van der Waals surface area contributed by atoms with Gasteiger partial charge in [-0.1, -0.05) is 60.7 Å². The van der Waals surface area contributed by atoms with Crippen LogP contribution in [-0.4, -0.2) is 69.2 Å². The number of amides is 2. The van der Waals surface area contributed by atoms with Gasteiger partial charge >= 0.3 is 0 Å². The van der Waals surface area contributed by atoms with Crippen LogP contribution in [0.4, 0.5) is 0 Å². The highest BCUT2D eigenvalue weighted by atomic mass is 16.2. The molecule has 0 atom stereocenters. The number of hydrogen-bond donors (Lipinski definition) is 0. The van der Waals surface area contributed by atoms with E-state index < -0.39 is 0 Å². The van der Waals surface area contributed by atoms with Crippen molar-refractivity contribution in [3.8, 4) is 0 Å². The smallest absolute Gasteiger partial charge is 0.274 e. The Balaban J connectivity index is 1.33. The van der Waals surface area contributed by atoms with Gasteiger partial charge in [0.2, 0.25) is 5.91 Å². The molecule has 0 spiro atoms. The summed E-state index contributed by atoms with van der Waals surface area (Å²) in [5, 5.41) is 0. The molecule has 1 aromatic heterocycles. The first-order chi connectivity index (χ1) is 16.6. The van der Waals surface area contributed by atoms with Crippen molar-refractivity contribution in [1.29, 1.82) is 0 Å². The van der Waals surface area contributed by atoms with E-state index in [4.69, 9.17) is 0 Å². The summed E-state index contributed by atoms with van der Waals surface area (Å²) < 4.78 is 0. The molecule has 0 unspecified atom stereocenters. The minimum absolute atomic E-state index is 0.0835. The Morgan fingerprint density at radius 2 is 1.50 bits per heavy atom. The number of aryl methyl sites for hydroxylation is 1. The molecule has 2 amide bonds. The SMILES string of the molecule is Cc1cnc(C(=O)N(CCC(=O)N2CCN(Cc3ccccc3)CC2)Cc2ccccc2)cn1. The van der Waals surface area contributed by atoms with Gasteiger partial charge in [0.25, 0.3) is 5.91 Å². The lowest BCUT2D eigenvalue weighted by Gasteiger charge is -2.35. The first-order valence-electron chi connectivity index (χ1n) is 11.7. The normalized spacial score (nSPS) is 14.1. The van der Waals surface area contributed by atoms with Gasteiger partial charge in [-0.3, -0.25) is 19.5 Å². The van der Waals surface area contributed by atoms with Crippen LogP contribution in [0.15, 0.2) is 73.1 Å². The molecule has 7 nitrogen and oxygen atoms in total. The second kappa shape index (κ2) is 11.5. The molecule has 2 heterocycles. The van der Waals surface area contributed by atoms with Crippen LogP contribution in [0.3, 0.4) is 0 Å². The van der Waals surface area contributed by atoms with Crippen LogP contribution in [0.2, 0.25) is 0 Å². The van der Waals surface area contributed by atoms with Gasteiger partial charge in [0, 0.05) is 58.4 Å². The molecule has 1 aliphatic heterocycles. The molecular formula is C27H31N5O2. The monoisotopic (exact) mass is 457 g/mol. The number of rotatable bonds is 8. The molecule has 2 aromatic carbocycles. The molecule has 0 radical (unpaired) electrons. The van der Waals surface area contributed by atoms with Gasteiger partial charge in [-0.05, 0) is 18.1 Å². The molecule has 4 rings (SSSR count). The van der Waals surface area contributed by atoms with Crippen LogP contribution in [0.25, 0.3) is 0 Å². The third kappa shape index (κ3) is 6.48. The van der Waals surface area contributed by atoms with Crippen LogP contribution in [0.1, 0.15) is 33.7 Å². The zero-order valence-corrected chi connectivity index (χ0v) is 19.6. The maximum atomic E-state index is 13.2. The van der Waals surface area contributed by atoms with Gasteiger partial charge in [-0.15, -0.1) is 0 Å². The highest BCUT2D eigenvalue weighted by molar-refractivity contribution is 5.92. The van der Waals surface area contributed by atoms with Gasteiger partial charge in [0.05, 0.1) is 11.9 Å². The fourth-order valence-corrected chi connectivity index (χ4v) is 4.11. The highest BCUT2D eigenvalue weighted by Gasteiger charge is 2.24. The van der Waals surface area contributed by atoms with Crippen LogP contribution >= 0.6 is 0 Å². The number of piperazine rings is 1. The fraction of sp³-hybridized carbons (Fsp3) is 0.333. The Bertz CT molecular complexity index is 1070. The third-order valence-electron chi connectivity index (χ3n) is 6.07. The second-order valence-electron chi connectivity index (χ2n) is 8.65. The molecular weight excluding hydrogens is 426 g/mol. The summed E-state index contributed by atoms with van der Waals surface area (Å²) in [7, 11) is 0. The van der Waals surface area contributed by atoms with Crippen molar-refractivity contribution in [2.75, 3.05) is 32.7 Å². The first-order valence-corrected chi connectivity index (χ1v) is 11.7. The molecule has 0 saturated carbocycles. The summed E-state index contributed by atoms with van der Waals surface area (Å²) in [6, 6.07) is 20.2. The third-order valence-corrected chi connectivity index (χ3v) is 6.07. The van der Waals surface area contributed by atoms with Crippen molar-refractivity contribution in [2.24, 2.45) is 0 Å². The molecule has 0 aliphatic carbocycles. The highest BCUT2D eigenvalue weighted by Crippen LogP contribution is 2.12. The van der Waals surface area contributed by atoms with Crippen molar-refractivity contribution in [1.82, 2.24) is 24.7 Å². The van der Waals surface area contributed by atoms with Crippen molar-refractivity contribution in [3.05, 3.63) is 95.6 Å². The standard InChI is InChI=1S/C27H31N5O2/c1-22-18-29-25(19-28-22)27(34)32(21-24-10-6-3-7-11-24)13-12-26(33)31-16-14-30(15-17-31)20-23-8-4-2-5-9-23/h2-11,18-19H,12-17,20-21H2,1H3. The number of benzene rings is 2. The van der Waals surface area contributed by atoms with Crippen molar-refractivity contribution >= 4 is 11.8 Å². The van der Waals surface area contributed by atoms with Gasteiger partial charge in [-0.2, -0.15) is 0 Å². The molecule has 176 valence electrons. The largest absolute Gasteiger partial charge is 0.340 e. The topological polar surface area (TPSA) is 69.6 Å². The van der Waals surface area contributed by atoms with Crippen molar-refractivity contribution in [2.45, 2.75) is 26.4 Å². The van der Waals surface area contributed by atoms with E-state index in [9.17, 15) is 9.59 Å². The fourth-order valence-electron chi connectivity index (χ4n) is 4.11. The Kier molecular flexibility index (Phi) is 7.99. The van der Waals surface area contributed by atoms with Gasteiger partial charge in [-0.25, -0.2) is 4.98 Å². The number of aromatic nitrogens is 2. The predicted octanol–water partition coefficient (Wildman–Crippen LogP) is 3.16. The zero-order chi connectivity index (χ0) is 23.8. The van der Waals surface area contributed by atoms with E-state index in [1.807, 2.05) is 48.2 Å². The summed E-state index contributed by atoms with van der Waals surface area (Å²) in [6.45, 7) is 6.63. The van der Waals surface area contributed by atoms with Gasteiger partial charge < -0.3 is 9.80 Å². The molecule has 0 bridgehead atoms. The summed E-state index contributed by atoms with van der Waals surface area (Å²) in [6.07, 6.45) is 3.38. The number of nitrogens with zero attached hydrogens (tertiary/aromatic N) is 5. The van der Waals surface area contributed by atoms with Gasteiger partial charge in [0.1, 0.15) is 5.69 Å². The molecule has 1 saturated heterocycles. The van der Waals surface area contributed by atoms with E-state index in [2.05, 4.69) is 39.1 Å². The summed E-state index contributed by atoms with van der Waals surface area (Å²) in [5.41, 5.74) is 3.35. The number of carbonyl (C=O) groups excluding carboxylic acids is 2. The van der Waals surface area contributed by atoms with Crippen molar-refractivity contribution in [3.63, 3.8) is 0 Å². The van der Waals surface area contributed by atoms with Gasteiger partial charge in [0.15, 0.2) is 0 Å². The Morgan fingerprint density at radius 3 is 2.12 bits per heavy atom. The van der Waals surface area contributed by atoms with Crippen molar-refractivity contribution < 1.29 is 9.59 Å². The van der Waals surface area contributed by atoms with E-state index in [1.54, 1.807) is 11.1 Å². The first kappa shape index (κ1) is 23.6.